The number of allylic oxidation sites excluding steroid dienone is 1. The van der Waals surface area contributed by atoms with Crippen LogP contribution < -0.4 is 11.2 Å². The lowest BCUT2D eigenvalue weighted by Crippen LogP contribution is -2.53. The topological polar surface area (TPSA) is 122 Å². The third-order valence-corrected chi connectivity index (χ3v) is 7.41. The minimum Gasteiger partial charge on any atom is -0.368 e. The van der Waals surface area contributed by atoms with Crippen molar-refractivity contribution in [2.24, 2.45) is 15.8 Å². The van der Waals surface area contributed by atoms with Crippen LogP contribution in [0.4, 0.5) is 19.0 Å². The summed E-state index contributed by atoms with van der Waals surface area (Å²) >= 11 is 1.61. The van der Waals surface area contributed by atoms with Gasteiger partial charge in [-0.1, -0.05) is 0 Å². The van der Waals surface area contributed by atoms with Crippen LogP contribution in [0.25, 0.3) is 0 Å². The molecule has 0 aliphatic carbocycles. The van der Waals surface area contributed by atoms with Gasteiger partial charge in [0.05, 0.1) is 36.7 Å². The molecule has 10 nitrogen and oxygen atoms in total. The molecule has 1 aromatic carbocycles. The maximum atomic E-state index is 13.0. The Morgan fingerprint density at radius 1 is 1.24 bits per heavy atom. The smallest absolute Gasteiger partial charge is 0.368 e. The van der Waals surface area contributed by atoms with E-state index in [1.807, 2.05) is 6.26 Å². The number of halogens is 3. The number of ether oxygens (including phenoxy) is 1. The molecule has 1 aromatic heterocycles. The lowest BCUT2D eigenvalue weighted by molar-refractivity contribution is -0.750. The molecule has 5 rings (SSSR count). The van der Waals surface area contributed by atoms with E-state index in [9.17, 15) is 22.8 Å². The SMILES string of the molecule is CSCCC(=O)N1CCO[C@@H](C2=C3C=NC=C[N+]3(N)C(c3ccc(C(=O)Nc4cc(C(F)(F)F)ccn4)cc3)=N2)C1. The number of carbonyl (C=O) groups is 2. The van der Waals surface area contributed by atoms with Gasteiger partial charge in [0.25, 0.3) is 11.7 Å². The van der Waals surface area contributed by atoms with Gasteiger partial charge in [-0.2, -0.15) is 35.8 Å². The molecule has 0 saturated carbocycles. The van der Waals surface area contributed by atoms with Gasteiger partial charge in [0, 0.05) is 30.5 Å². The largest absolute Gasteiger partial charge is 0.416 e. The van der Waals surface area contributed by atoms with Gasteiger partial charge < -0.3 is 15.0 Å². The van der Waals surface area contributed by atoms with Gasteiger partial charge in [0.2, 0.25) is 11.6 Å². The Morgan fingerprint density at radius 2 is 2.02 bits per heavy atom. The molecule has 2 aromatic rings. The van der Waals surface area contributed by atoms with E-state index in [2.05, 4.69) is 15.3 Å². The summed E-state index contributed by atoms with van der Waals surface area (Å²) in [5.74, 6) is 7.21. The number of anilines is 1. The summed E-state index contributed by atoms with van der Waals surface area (Å²) in [6.45, 7) is 1.20. The molecule has 3 N–H and O–H groups in total. The maximum Gasteiger partial charge on any atom is 0.416 e. The first-order valence-corrected chi connectivity index (χ1v) is 14.0. The molecule has 1 saturated heterocycles. The molecular weight excluding hydrogens is 559 g/mol. The van der Waals surface area contributed by atoms with Crippen molar-refractivity contribution in [3.63, 3.8) is 0 Å². The summed E-state index contributed by atoms with van der Waals surface area (Å²) < 4.78 is 44.8. The zero-order chi connectivity index (χ0) is 29.2. The number of hydrogen-bond acceptors (Lipinski definition) is 8. The molecule has 14 heteroatoms. The third kappa shape index (κ3) is 5.95. The molecule has 2 amide bonds. The number of aromatic nitrogens is 1. The number of aliphatic imine (C=N–C) groups is 2. The summed E-state index contributed by atoms with van der Waals surface area (Å²) in [4.78, 5) is 40.1. The van der Waals surface area contributed by atoms with Crippen LogP contribution in [-0.4, -0.2) is 76.1 Å². The number of carbonyl (C=O) groups excluding carboxylic acids is 2. The van der Waals surface area contributed by atoms with Crippen LogP contribution in [-0.2, 0) is 15.7 Å². The predicted octanol–water partition coefficient (Wildman–Crippen LogP) is 3.55. The fourth-order valence-electron chi connectivity index (χ4n) is 4.67. The van der Waals surface area contributed by atoms with E-state index in [1.165, 1.54) is 12.1 Å². The van der Waals surface area contributed by atoms with E-state index in [0.717, 1.165) is 24.1 Å². The van der Waals surface area contributed by atoms with E-state index in [-0.39, 0.29) is 21.9 Å². The lowest BCUT2D eigenvalue weighted by Gasteiger charge is -2.33. The van der Waals surface area contributed by atoms with Crippen LogP contribution in [0, 0.1) is 0 Å². The number of rotatable bonds is 7. The standard InChI is InChI=1S/C27H26F3N7O3S/c1-41-13-7-23(38)36-10-12-40-21(16-36)24-20-15-32-9-11-37(20,31)25(35-24)17-2-4-18(5-3-17)26(39)34-22-14-19(6-8-33-22)27(28,29)30/h2-6,8-9,11,14-15,21H,7,10,12-13,16,31H2,1H3/p+1/t21-,37?/m1/s1. The van der Waals surface area contributed by atoms with Crippen LogP contribution in [0.5, 0.6) is 0 Å². The molecule has 2 atom stereocenters. The van der Waals surface area contributed by atoms with Crippen molar-refractivity contribution in [3.05, 3.63) is 83.1 Å². The number of alkyl halides is 3. The van der Waals surface area contributed by atoms with Crippen molar-refractivity contribution in [3.8, 4) is 0 Å². The fraction of sp³-hybridized carbons (Fsp3) is 0.296. The monoisotopic (exact) mass is 586 g/mol. The highest BCUT2D eigenvalue weighted by atomic mass is 32.2. The number of nitrogens with two attached hydrogens (primary N) is 1. The van der Waals surface area contributed by atoms with Gasteiger partial charge in [-0.05, 0) is 42.7 Å². The Balaban J connectivity index is 1.36. The Kier molecular flexibility index (Phi) is 8.09. The molecule has 1 fully saturated rings. The second-order valence-electron chi connectivity index (χ2n) is 9.46. The Morgan fingerprint density at radius 3 is 2.76 bits per heavy atom. The van der Waals surface area contributed by atoms with Gasteiger partial charge in [-0.15, -0.1) is 4.59 Å². The molecule has 214 valence electrons. The fourth-order valence-corrected chi connectivity index (χ4v) is 5.04. The third-order valence-electron chi connectivity index (χ3n) is 6.80. The van der Waals surface area contributed by atoms with Gasteiger partial charge >= 0.3 is 6.18 Å². The van der Waals surface area contributed by atoms with Gasteiger partial charge in [-0.25, -0.2) is 4.98 Å². The molecule has 1 unspecified atom stereocenters. The van der Waals surface area contributed by atoms with Crippen molar-refractivity contribution in [2.45, 2.75) is 18.7 Å². The Labute approximate surface area is 238 Å². The molecule has 4 heterocycles. The zero-order valence-electron chi connectivity index (χ0n) is 22.0. The van der Waals surface area contributed by atoms with Crippen molar-refractivity contribution in [1.82, 2.24) is 9.88 Å². The van der Waals surface area contributed by atoms with Gasteiger partial charge in [0.15, 0.2) is 0 Å². The molecular formula is C27H27F3N7O3S+. The van der Waals surface area contributed by atoms with Crippen molar-refractivity contribution in [2.75, 3.05) is 37.0 Å². The number of thioether (sulfide) groups is 1. The number of quaternary nitrogens is 1. The Hall–Kier alpha value is -3.85. The highest BCUT2D eigenvalue weighted by molar-refractivity contribution is 7.98. The first-order valence-electron chi connectivity index (χ1n) is 12.7. The second-order valence-corrected chi connectivity index (χ2v) is 10.4. The van der Waals surface area contributed by atoms with E-state index in [4.69, 9.17) is 15.6 Å². The zero-order valence-corrected chi connectivity index (χ0v) is 22.8. The van der Waals surface area contributed by atoms with Gasteiger partial charge in [0.1, 0.15) is 23.8 Å². The molecule has 41 heavy (non-hydrogen) atoms. The molecule has 3 aliphatic heterocycles. The van der Waals surface area contributed by atoms with Crippen LogP contribution in [0.1, 0.15) is 27.9 Å². The molecule has 0 bridgehead atoms. The molecule has 0 spiro atoms. The normalized spacial score (nSPS) is 22.0. The number of amidine groups is 1. The van der Waals surface area contributed by atoms with Crippen molar-refractivity contribution < 1.29 is 32.1 Å². The summed E-state index contributed by atoms with van der Waals surface area (Å²) in [5.41, 5.74) is 1.06. The van der Waals surface area contributed by atoms with E-state index >= 15 is 0 Å². The predicted molar refractivity (Wildman–Crippen MR) is 149 cm³/mol. The number of pyridine rings is 1. The number of hydrogen-bond donors (Lipinski definition) is 2. The number of nitrogens with zero attached hydrogens (tertiary/aromatic N) is 5. The highest BCUT2D eigenvalue weighted by Gasteiger charge is 2.47. The average molecular weight is 587 g/mol. The second kappa shape index (κ2) is 11.6. The summed E-state index contributed by atoms with van der Waals surface area (Å²) in [5, 5.41) is 2.39. The number of morpholine rings is 1. The minimum absolute atomic E-state index is 0.0559. The quantitative estimate of drug-likeness (QED) is 0.378. The number of benzene rings is 1. The molecule has 3 aliphatic rings. The first-order chi connectivity index (χ1) is 19.6. The number of amides is 2. The van der Waals surface area contributed by atoms with E-state index < -0.39 is 23.8 Å². The summed E-state index contributed by atoms with van der Waals surface area (Å²) in [6, 6.07) is 7.95. The van der Waals surface area contributed by atoms with Crippen molar-refractivity contribution in [1.29, 1.82) is 0 Å². The maximum absolute atomic E-state index is 13.0. The summed E-state index contributed by atoms with van der Waals surface area (Å²) in [7, 11) is 0. The average Bonchev–Trinajstić information content (AvgIpc) is 3.28. The van der Waals surface area contributed by atoms with Crippen LogP contribution in [0.15, 0.2) is 76.4 Å². The Bertz CT molecular complexity index is 1470. The van der Waals surface area contributed by atoms with Crippen LogP contribution >= 0.6 is 11.8 Å². The minimum atomic E-state index is -4.56. The van der Waals surface area contributed by atoms with Gasteiger partial charge in [-0.3, -0.25) is 14.6 Å². The van der Waals surface area contributed by atoms with Crippen molar-refractivity contribution >= 4 is 41.4 Å². The highest BCUT2D eigenvalue weighted by Crippen LogP contribution is 2.34. The van der Waals surface area contributed by atoms with Crippen LogP contribution in [0.2, 0.25) is 0 Å². The lowest BCUT2D eigenvalue weighted by atomic mass is 10.1. The van der Waals surface area contributed by atoms with Crippen LogP contribution in [0.3, 0.4) is 0 Å². The summed E-state index contributed by atoms with van der Waals surface area (Å²) in [6.07, 6.45) is 3.18. The first kappa shape index (κ1) is 28.7. The van der Waals surface area contributed by atoms with E-state index in [0.29, 0.717) is 48.9 Å². The number of nitrogens with one attached hydrogen (secondary N) is 1. The number of fused-ring (bicyclic) bond motifs is 1. The van der Waals surface area contributed by atoms with E-state index in [1.54, 1.807) is 47.4 Å². The molecule has 0 radical (unpaired) electrons.